The van der Waals surface area contributed by atoms with Gasteiger partial charge in [-0.15, -0.1) is 0 Å². The molecule has 2 fully saturated rings. The summed E-state index contributed by atoms with van der Waals surface area (Å²) in [5.41, 5.74) is 0. The van der Waals surface area contributed by atoms with E-state index in [0.29, 0.717) is 6.54 Å². The van der Waals surface area contributed by atoms with Crippen molar-refractivity contribution < 1.29 is 14.3 Å². The molecule has 0 spiro atoms. The van der Waals surface area contributed by atoms with Crippen LogP contribution in [0.2, 0.25) is 0 Å². The molecule has 0 bridgehead atoms. The third-order valence-electron chi connectivity index (χ3n) is 3.42. The topological polar surface area (TPSA) is 70.7 Å². The number of rotatable bonds is 2. The molecule has 0 aliphatic carbocycles. The molecular weight excluding hydrogens is 222 g/mol. The number of carbonyl (C=O) groups excluding carboxylic acids is 2. The first-order chi connectivity index (χ1) is 8.20. The number of likely N-dealkylation sites (tertiary alicyclic amines) is 1. The highest BCUT2D eigenvalue weighted by Crippen LogP contribution is 2.17. The van der Waals surface area contributed by atoms with Crippen LogP contribution >= 0.6 is 0 Å². The van der Waals surface area contributed by atoms with Crippen molar-refractivity contribution in [2.45, 2.75) is 18.9 Å². The van der Waals surface area contributed by atoms with Crippen LogP contribution in [0.1, 0.15) is 12.8 Å². The van der Waals surface area contributed by atoms with E-state index in [-0.39, 0.29) is 17.9 Å². The summed E-state index contributed by atoms with van der Waals surface area (Å²) in [5, 5.41) is 5.93. The minimum atomic E-state index is -0.424. The van der Waals surface area contributed by atoms with Crippen LogP contribution < -0.4 is 10.6 Å². The average Bonchev–Trinajstić information content (AvgIpc) is 2.98. The lowest BCUT2D eigenvalue weighted by Gasteiger charge is -2.20. The van der Waals surface area contributed by atoms with Crippen molar-refractivity contribution in [2.24, 2.45) is 5.92 Å². The van der Waals surface area contributed by atoms with Crippen molar-refractivity contribution in [3.05, 3.63) is 0 Å². The maximum absolute atomic E-state index is 12.1. The molecule has 2 atom stereocenters. The summed E-state index contributed by atoms with van der Waals surface area (Å²) in [6.45, 7) is 3.03. The van der Waals surface area contributed by atoms with Gasteiger partial charge in [0.2, 0.25) is 5.91 Å². The van der Waals surface area contributed by atoms with Gasteiger partial charge in [-0.2, -0.15) is 0 Å². The van der Waals surface area contributed by atoms with Crippen molar-refractivity contribution in [2.75, 3.05) is 33.3 Å². The SMILES string of the molecule is COC(=O)NC1CCN(C(=O)C2CCNC2)C1. The van der Waals surface area contributed by atoms with Crippen molar-refractivity contribution >= 4 is 12.0 Å². The monoisotopic (exact) mass is 241 g/mol. The first kappa shape index (κ1) is 12.2. The van der Waals surface area contributed by atoms with E-state index in [1.165, 1.54) is 7.11 Å². The molecule has 2 aliphatic heterocycles. The number of methoxy groups -OCH3 is 1. The second kappa shape index (κ2) is 5.35. The molecule has 2 N–H and O–H groups in total. The quantitative estimate of drug-likeness (QED) is 0.687. The van der Waals surface area contributed by atoms with Crippen LogP contribution in [-0.2, 0) is 9.53 Å². The van der Waals surface area contributed by atoms with E-state index in [1.54, 1.807) is 0 Å². The highest BCUT2D eigenvalue weighted by molar-refractivity contribution is 5.80. The molecule has 2 rings (SSSR count). The van der Waals surface area contributed by atoms with Gasteiger partial charge in [0.05, 0.1) is 19.1 Å². The molecule has 0 saturated carbocycles. The first-order valence-corrected chi connectivity index (χ1v) is 6.04. The van der Waals surface area contributed by atoms with Crippen LogP contribution in [0.5, 0.6) is 0 Å². The molecule has 2 amide bonds. The average molecular weight is 241 g/mol. The van der Waals surface area contributed by atoms with Crippen molar-refractivity contribution in [3.63, 3.8) is 0 Å². The molecular formula is C11H19N3O3. The Hall–Kier alpha value is -1.30. The van der Waals surface area contributed by atoms with Gasteiger partial charge in [0.25, 0.3) is 0 Å². The van der Waals surface area contributed by atoms with Crippen LogP contribution in [0.15, 0.2) is 0 Å². The molecule has 2 heterocycles. The van der Waals surface area contributed by atoms with Gasteiger partial charge in [0.1, 0.15) is 0 Å². The van der Waals surface area contributed by atoms with Gasteiger partial charge < -0.3 is 20.3 Å². The van der Waals surface area contributed by atoms with E-state index in [4.69, 9.17) is 0 Å². The second-order valence-corrected chi connectivity index (χ2v) is 4.60. The summed E-state index contributed by atoms with van der Waals surface area (Å²) in [5.74, 6) is 0.330. The lowest BCUT2D eigenvalue weighted by Crippen LogP contribution is -2.40. The molecule has 0 aromatic rings. The largest absolute Gasteiger partial charge is 0.453 e. The van der Waals surface area contributed by atoms with Crippen molar-refractivity contribution in [1.29, 1.82) is 0 Å². The Labute approximate surface area is 101 Å². The maximum atomic E-state index is 12.1. The summed E-state index contributed by atoms with van der Waals surface area (Å²) in [6.07, 6.45) is 1.30. The van der Waals surface area contributed by atoms with E-state index < -0.39 is 6.09 Å². The van der Waals surface area contributed by atoms with Crippen LogP contribution in [0.3, 0.4) is 0 Å². The normalized spacial score (nSPS) is 28.2. The molecule has 2 saturated heterocycles. The summed E-state index contributed by atoms with van der Waals surface area (Å²) >= 11 is 0. The van der Waals surface area contributed by atoms with Crippen LogP contribution in [0, 0.1) is 5.92 Å². The number of nitrogens with zero attached hydrogens (tertiary/aromatic N) is 1. The fourth-order valence-corrected chi connectivity index (χ4v) is 2.43. The Kier molecular flexibility index (Phi) is 3.83. The summed E-state index contributed by atoms with van der Waals surface area (Å²) in [4.78, 5) is 25.0. The number of ether oxygens (including phenoxy) is 1. The Bertz CT molecular complexity index is 302. The number of hydrogen-bond acceptors (Lipinski definition) is 4. The zero-order valence-electron chi connectivity index (χ0n) is 10.1. The van der Waals surface area contributed by atoms with Crippen molar-refractivity contribution in [1.82, 2.24) is 15.5 Å². The highest BCUT2D eigenvalue weighted by Gasteiger charge is 2.32. The number of alkyl carbamates (subject to hydrolysis) is 1. The third kappa shape index (κ3) is 2.88. The van der Waals surface area contributed by atoms with Crippen LogP contribution in [-0.4, -0.2) is 56.2 Å². The number of amides is 2. The van der Waals surface area contributed by atoms with E-state index in [2.05, 4.69) is 15.4 Å². The van der Waals surface area contributed by atoms with E-state index in [9.17, 15) is 9.59 Å². The van der Waals surface area contributed by atoms with Crippen molar-refractivity contribution in [3.8, 4) is 0 Å². The summed E-state index contributed by atoms with van der Waals surface area (Å²) in [7, 11) is 1.34. The van der Waals surface area contributed by atoms with Crippen LogP contribution in [0.25, 0.3) is 0 Å². The van der Waals surface area contributed by atoms with E-state index >= 15 is 0 Å². The highest BCUT2D eigenvalue weighted by atomic mass is 16.5. The standard InChI is InChI=1S/C11H19N3O3/c1-17-11(16)13-9-3-5-14(7-9)10(15)8-2-4-12-6-8/h8-9,12H,2-7H2,1H3,(H,13,16). The molecule has 0 aromatic carbocycles. The van der Waals surface area contributed by atoms with E-state index in [0.717, 1.165) is 32.5 Å². The third-order valence-corrected chi connectivity index (χ3v) is 3.42. The minimum Gasteiger partial charge on any atom is -0.453 e. The predicted molar refractivity (Wildman–Crippen MR) is 61.5 cm³/mol. The first-order valence-electron chi connectivity index (χ1n) is 6.04. The zero-order chi connectivity index (χ0) is 12.3. The molecule has 96 valence electrons. The Balaban J connectivity index is 1.80. The lowest BCUT2D eigenvalue weighted by molar-refractivity contribution is -0.133. The molecule has 6 heteroatoms. The predicted octanol–water partition coefficient (Wildman–Crippen LogP) is -0.447. The number of nitrogens with one attached hydrogen (secondary N) is 2. The molecule has 17 heavy (non-hydrogen) atoms. The van der Waals surface area contributed by atoms with Crippen LogP contribution in [0.4, 0.5) is 4.79 Å². The van der Waals surface area contributed by atoms with Gasteiger partial charge in [-0.1, -0.05) is 0 Å². The van der Waals surface area contributed by atoms with Gasteiger partial charge >= 0.3 is 6.09 Å². The molecule has 2 aliphatic rings. The Morgan fingerprint density at radius 1 is 1.41 bits per heavy atom. The second-order valence-electron chi connectivity index (χ2n) is 4.60. The lowest BCUT2D eigenvalue weighted by atomic mass is 10.1. The minimum absolute atomic E-state index is 0.0285. The zero-order valence-corrected chi connectivity index (χ0v) is 10.1. The Morgan fingerprint density at radius 2 is 2.24 bits per heavy atom. The maximum Gasteiger partial charge on any atom is 0.407 e. The number of hydrogen-bond donors (Lipinski definition) is 2. The molecule has 2 unspecified atom stereocenters. The summed E-state index contributed by atoms with van der Waals surface area (Å²) in [6, 6.07) is 0.0285. The molecule has 6 nitrogen and oxygen atoms in total. The number of carbonyl (C=O) groups is 2. The fraction of sp³-hybridized carbons (Fsp3) is 0.818. The van der Waals surface area contributed by atoms with Gasteiger partial charge in [-0.25, -0.2) is 4.79 Å². The molecule has 0 aromatic heterocycles. The van der Waals surface area contributed by atoms with Gasteiger partial charge in [0, 0.05) is 19.6 Å². The molecule has 0 radical (unpaired) electrons. The van der Waals surface area contributed by atoms with Gasteiger partial charge in [-0.3, -0.25) is 4.79 Å². The van der Waals surface area contributed by atoms with E-state index in [1.807, 2.05) is 4.90 Å². The van der Waals surface area contributed by atoms with Gasteiger partial charge in [0.15, 0.2) is 0 Å². The Morgan fingerprint density at radius 3 is 2.88 bits per heavy atom. The fourth-order valence-electron chi connectivity index (χ4n) is 2.43. The van der Waals surface area contributed by atoms with Gasteiger partial charge in [-0.05, 0) is 19.4 Å². The summed E-state index contributed by atoms with van der Waals surface area (Å²) < 4.78 is 4.54. The smallest absolute Gasteiger partial charge is 0.407 e.